The van der Waals surface area contributed by atoms with Crippen LogP contribution >= 0.6 is 11.3 Å². The van der Waals surface area contributed by atoms with Gasteiger partial charge in [0.25, 0.3) is 5.91 Å². The number of fused-ring (bicyclic) bond motifs is 1. The Bertz CT molecular complexity index is 1720. The molecule has 0 bridgehead atoms. The molecule has 46 heavy (non-hydrogen) atoms. The third-order valence-electron chi connectivity index (χ3n) is 10.4. The molecule has 4 N–H and O–H groups in total. The fraction of sp³-hybridized carbons (Fsp3) is 0.472. The van der Waals surface area contributed by atoms with Gasteiger partial charge >= 0.3 is 0 Å². The molecule has 2 aromatic carbocycles. The normalized spacial score (nSPS) is 22.5. The van der Waals surface area contributed by atoms with E-state index in [9.17, 15) is 15.0 Å². The summed E-state index contributed by atoms with van der Waals surface area (Å²) in [4.78, 5) is 26.6. The highest BCUT2D eigenvalue weighted by atomic mass is 32.1. The number of thiophene rings is 1. The van der Waals surface area contributed by atoms with Crippen LogP contribution in [0.1, 0.15) is 67.4 Å². The lowest BCUT2D eigenvalue weighted by atomic mass is 9.55. The van der Waals surface area contributed by atoms with Crippen LogP contribution in [-0.2, 0) is 13.1 Å². The number of aromatic hydroxyl groups is 1. The molecule has 2 atom stereocenters. The number of rotatable bonds is 10. The molecule has 242 valence electrons. The van der Waals surface area contributed by atoms with Crippen LogP contribution in [0.2, 0.25) is 0 Å². The molecule has 2 aliphatic heterocycles. The third kappa shape index (κ3) is 6.06. The van der Waals surface area contributed by atoms with E-state index >= 15 is 0 Å². The molecule has 2 aromatic heterocycles. The average molecular weight is 641 g/mol. The van der Waals surface area contributed by atoms with Crippen molar-refractivity contribution in [3.63, 3.8) is 0 Å². The number of aromatic nitrogens is 2. The topological polar surface area (TPSA) is 114 Å². The Balaban J connectivity index is 0.942. The van der Waals surface area contributed by atoms with Gasteiger partial charge in [0.1, 0.15) is 23.7 Å². The molecular formula is C36H44N6O3S. The van der Waals surface area contributed by atoms with Crippen LogP contribution in [-0.4, -0.2) is 68.8 Å². The van der Waals surface area contributed by atoms with Crippen LogP contribution in [0.25, 0.3) is 10.1 Å². The zero-order chi connectivity index (χ0) is 31.9. The van der Waals surface area contributed by atoms with Crippen LogP contribution < -0.4 is 15.5 Å². The van der Waals surface area contributed by atoms with Gasteiger partial charge in [-0.25, -0.2) is 9.97 Å². The van der Waals surface area contributed by atoms with Crippen LogP contribution in [0.15, 0.2) is 60.2 Å². The molecule has 3 fully saturated rings. The standard InChI is InChI=1S/C36H44N6O3S/c1-24(2)33-35(11-4-12-35)21-42(33)19-25-8-9-28(29(43)16-25)34(44)38-20-36(45)13-5-14-41(22-36)32-17-31(39-23-40-32)37-18-26-6-3-7-30-27(26)10-15-46-30/h3,6-10,15-17,23-24,33,43,45H,4-5,11-14,18-22H2,1-2H3,(H,38,44)(H,37,39,40)/t33-,36+/m0/s1. The Morgan fingerprint density at radius 3 is 2.74 bits per heavy atom. The maximum atomic E-state index is 13.1. The van der Waals surface area contributed by atoms with E-state index in [2.05, 4.69) is 69.0 Å². The van der Waals surface area contributed by atoms with Crippen LogP contribution in [0.3, 0.4) is 0 Å². The number of hydrogen-bond donors (Lipinski definition) is 4. The summed E-state index contributed by atoms with van der Waals surface area (Å²) in [6.07, 6.45) is 6.85. The summed E-state index contributed by atoms with van der Waals surface area (Å²) in [6, 6.07) is 16.3. The molecule has 4 aromatic rings. The fourth-order valence-electron chi connectivity index (χ4n) is 8.15. The van der Waals surface area contributed by atoms with E-state index in [1.165, 1.54) is 34.9 Å². The first-order valence-electron chi connectivity index (χ1n) is 16.5. The van der Waals surface area contributed by atoms with E-state index in [1.807, 2.05) is 17.0 Å². The van der Waals surface area contributed by atoms with Crippen LogP contribution in [0.5, 0.6) is 5.75 Å². The lowest BCUT2D eigenvalue weighted by Crippen LogP contribution is -2.68. The highest BCUT2D eigenvalue weighted by Gasteiger charge is 2.56. The van der Waals surface area contributed by atoms with E-state index in [0.717, 1.165) is 43.3 Å². The fourth-order valence-corrected chi connectivity index (χ4v) is 8.98. The van der Waals surface area contributed by atoms with Crippen LogP contribution in [0.4, 0.5) is 11.6 Å². The van der Waals surface area contributed by atoms with Gasteiger partial charge in [-0.05, 0) is 83.2 Å². The van der Waals surface area contributed by atoms with Gasteiger partial charge < -0.3 is 25.7 Å². The van der Waals surface area contributed by atoms with Gasteiger partial charge in [-0.15, -0.1) is 11.3 Å². The summed E-state index contributed by atoms with van der Waals surface area (Å²) in [6.45, 7) is 8.31. The van der Waals surface area contributed by atoms with Crippen molar-refractivity contribution in [1.82, 2.24) is 20.2 Å². The summed E-state index contributed by atoms with van der Waals surface area (Å²) >= 11 is 1.73. The molecule has 1 spiro atoms. The van der Waals surface area contributed by atoms with Gasteiger partial charge in [0, 0.05) is 56.1 Å². The predicted octanol–water partition coefficient (Wildman–Crippen LogP) is 5.78. The maximum Gasteiger partial charge on any atom is 0.255 e. The molecule has 0 radical (unpaired) electrons. The molecule has 1 saturated carbocycles. The lowest BCUT2D eigenvalue weighted by Gasteiger charge is -2.64. The van der Waals surface area contributed by atoms with Crippen molar-refractivity contribution >= 4 is 39.0 Å². The molecular weight excluding hydrogens is 597 g/mol. The summed E-state index contributed by atoms with van der Waals surface area (Å²) in [5, 5.41) is 32.0. The minimum absolute atomic E-state index is 0.0245. The Labute approximate surface area is 274 Å². The Morgan fingerprint density at radius 1 is 1.09 bits per heavy atom. The highest BCUT2D eigenvalue weighted by molar-refractivity contribution is 7.17. The van der Waals surface area contributed by atoms with Gasteiger partial charge in [0.15, 0.2) is 0 Å². The number of piperidine rings is 1. The number of nitrogens with zero attached hydrogens (tertiary/aromatic N) is 4. The summed E-state index contributed by atoms with van der Waals surface area (Å²) < 4.78 is 1.26. The summed E-state index contributed by atoms with van der Waals surface area (Å²) in [5.74, 6) is 1.63. The van der Waals surface area contributed by atoms with Gasteiger partial charge in [-0.2, -0.15) is 0 Å². The minimum Gasteiger partial charge on any atom is -0.507 e. The second-order valence-electron chi connectivity index (χ2n) is 14.0. The van der Waals surface area contributed by atoms with Gasteiger partial charge in [-0.3, -0.25) is 9.69 Å². The second kappa shape index (κ2) is 12.5. The van der Waals surface area contributed by atoms with Crippen molar-refractivity contribution in [3.05, 3.63) is 76.9 Å². The number of carbonyl (C=O) groups excluding carboxylic acids is 1. The van der Waals surface area contributed by atoms with Gasteiger partial charge in [-0.1, -0.05) is 38.5 Å². The molecule has 1 amide bonds. The Morgan fingerprint density at radius 2 is 1.96 bits per heavy atom. The number of amides is 1. The first kappa shape index (κ1) is 30.9. The molecule has 10 heteroatoms. The molecule has 9 nitrogen and oxygen atoms in total. The lowest BCUT2D eigenvalue weighted by molar-refractivity contribution is -0.149. The van der Waals surface area contributed by atoms with Crippen molar-refractivity contribution in [2.45, 2.75) is 70.7 Å². The number of anilines is 2. The predicted molar refractivity (Wildman–Crippen MR) is 183 cm³/mol. The summed E-state index contributed by atoms with van der Waals surface area (Å²) in [7, 11) is 0. The Kier molecular flexibility index (Phi) is 8.37. The number of β-amino-alcohol motifs (C(OH)–C–C–N with tert-alkyl or cyclic N) is 1. The number of phenols is 1. The largest absolute Gasteiger partial charge is 0.507 e. The van der Waals surface area contributed by atoms with E-state index in [4.69, 9.17) is 0 Å². The number of likely N-dealkylation sites (tertiary alicyclic amines) is 1. The molecule has 1 aliphatic carbocycles. The second-order valence-corrected chi connectivity index (χ2v) is 14.9. The molecule has 2 saturated heterocycles. The quantitative estimate of drug-likeness (QED) is 0.173. The van der Waals surface area contributed by atoms with E-state index in [1.54, 1.807) is 29.8 Å². The molecule has 7 rings (SSSR count). The minimum atomic E-state index is -1.13. The zero-order valence-electron chi connectivity index (χ0n) is 26.7. The van der Waals surface area contributed by atoms with Crippen molar-refractivity contribution in [2.24, 2.45) is 11.3 Å². The number of aliphatic hydroxyl groups is 1. The Hall–Kier alpha value is -3.73. The monoisotopic (exact) mass is 640 g/mol. The zero-order valence-corrected chi connectivity index (χ0v) is 27.5. The van der Waals surface area contributed by atoms with Gasteiger partial charge in [0.05, 0.1) is 11.2 Å². The third-order valence-corrected chi connectivity index (χ3v) is 11.3. The number of nitrogens with one attached hydrogen (secondary N) is 2. The van der Waals surface area contributed by atoms with E-state index in [-0.39, 0.29) is 23.8 Å². The SMILES string of the molecule is CC(C)[C@@H]1N(Cc2ccc(C(=O)NC[C@]3(O)CCCN(c4cc(NCc5cccc6sccc56)ncn4)C3)c(O)c2)CC12CCC2. The maximum absolute atomic E-state index is 13.1. The van der Waals surface area contributed by atoms with Crippen molar-refractivity contribution < 1.29 is 15.0 Å². The molecule has 3 aliphatic rings. The van der Waals surface area contributed by atoms with E-state index < -0.39 is 5.60 Å². The first-order valence-corrected chi connectivity index (χ1v) is 17.4. The number of hydrogen-bond acceptors (Lipinski definition) is 9. The number of carbonyl (C=O) groups is 1. The van der Waals surface area contributed by atoms with E-state index in [0.29, 0.717) is 36.9 Å². The summed E-state index contributed by atoms with van der Waals surface area (Å²) in [5.41, 5.74) is 1.82. The van der Waals surface area contributed by atoms with Crippen molar-refractivity contribution in [2.75, 3.05) is 36.4 Å². The van der Waals surface area contributed by atoms with Gasteiger partial charge in [0.2, 0.25) is 0 Å². The van der Waals surface area contributed by atoms with Crippen molar-refractivity contribution in [1.29, 1.82) is 0 Å². The average Bonchev–Trinajstić information content (AvgIpc) is 3.49. The first-order chi connectivity index (χ1) is 22.2. The highest BCUT2D eigenvalue weighted by Crippen LogP contribution is 2.55. The van der Waals surface area contributed by atoms with Crippen molar-refractivity contribution in [3.8, 4) is 5.75 Å². The number of phenolic OH excluding ortho intramolecular Hbond substituents is 1. The molecule has 0 unspecified atom stereocenters. The smallest absolute Gasteiger partial charge is 0.255 e. The van der Waals surface area contributed by atoms with Crippen LogP contribution in [0, 0.1) is 11.3 Å². The molecule has 4 heterocycles. The number of benzene rings is 2.